The number of hydrogen-bond acceptors (Lipinski definition) is 8. The molecular weight excluding hydrogens is 516 g/mol. The van der Waals surface area contributed by atoms with Gasteiger partial charge in [-0.25, -0.2) is 4.79 Å². The van der Waals surface area contributed by atoms with Gasteiger partial charge < -0.3 is 19.0 Å². The van der Waals surface area contributed by atoms with Gasteiger partial charge in [0.1, 0.15) is 5.00 Å². The van der Waals surface area contributed by atoms with E-state index in [4.69, 9.17) is 9.15 Å². The van der Waals surface area contributed by atoms with Crippen LogP contribution in [0.1, 0.15) is 41.1 Å². The van der Waals surface area contributed by atoms with Crippen molar-refractivity contribution in [2.45, 2.75) is 38.3 Å². The van der Waals surface area contributed by atoms with Crippen molar-refractivity contribution < 1.29 is 18.7 Å². The summed E-state index contributed by atoms with van der Waals surface area (Å²) < 4.78 is 13.2. The Morgan fingerprint density at radius 1 is 1.41 bits per heavy atom. The summed E-state index contributed by atoms with van der Waals surface area (Å²) in [5.41, 5.74) is 1.54. The molecule has 4 rings (SSSR count). The molecule has 0 bridgehead atoms. The molecule has 0 spiro atoms. The molecular formula is C21H23BrN4O4S2. The van der Waals surface area contributed by atoms with Gasteiger partial charge in [-0.15, -0.1) is 21.5 Å². The summed E-state index contributed by atoms with van der Waals surface area (Å²) in [6.07, 6.45) is 2.78. The van der Waals surface area contributed by atoms with E-state index < -0.39 is 0 Å². The number of carbonyl (C=O) groups excluding carboxylic acids is 2. The van der Waals surface area contributed by atoms with Crippen molar-refractivity contribution in [3.05, 3.63) is 32.8 Å². The van der Waals surface area contributed by atoms with Gasteiger partial charge in [0.2, 0.25) is 5.91 Å². The number of thioether (sulfide) groups is 1. The number of nitrogens with zero attached hydrogens (tertiary/aromatic N) is 3. The number of fused-ring (bicyclic) bond motifs is 1. The Bertz CT molecular complexity index is 1150. The van der Waals surface area contributed by atoms with Crippen LogP contribution in [-0.4, -0.2) is 39.0 Å². The fourth-order valence-corrected chi connectivity index (χ4v) is 6.07. The van der Waals surface area contributed by atoms with Crippen molar-refractivity contribution in [3.63, 3.8) is 0 Å². The lowest BCUT2D eigenvalue weighted by Crippen LogP contribution is -2.18. The molecule has 1 N–H and O–H groups in total. The molecule has 0 fully saturated rings. The highest BCUT2D eigenvalue weighted by atomic mass is 79.9. The van der Waals surface area contributed by atoms with Gasteiger partial charge >= 0.3 is 5.97 Å². The van der Waals surface area contributed by atoms with Gasteiger partial charge in [-0.2, -0.15) is 0 Å². The molecule has 0 aliphatic heterocycles. The fraction of sp³-hybridized carbons (Fsp3) is 0.429. The Labute approximate surface area is 202 Å². The van der Waals surface area contributed by atoms with Gasteiger partial charge in [0, 0.05) is 11.9 Å². The first-order valence-corrected chi connectivity index (χ1v) is 12.9. The summed E-state index contributed by atoms with van der Waals surface area (Å²) in [4.78, 5) is 26.5. The number of rotatable bonds is 7. The number of nitrogens with one attached hydrogen (secondary N) is 1. The van der Waals surface area contributed by atoms with Crippen molar-refractivity contribution in [2.75, 3.05) is 17.7 Å². The number of halogens is 1. The monoisotopic (exact) mass is 538 g/mol. The van der Waals surface area contributed by atoms with Crippen LogP contribution in [0.4, 0.5) is 5.00 Å². The van der Waals surface area contributed by atoms with Gasteiger partial charge in [0.05, 0.1) is 17.9 Å². The minimum absolute atomic E-state index is 0.134. The van der Waals surface area contributed by atoms with E-state index in [0.29, 0.717) is 44.5 Å². The number of carbonyl (C=O) groups is 2. The van der Waals surface area contributed by atoms with Crippen molar-refractivity contribution in [2.24, 2.45) is 13.0 Å². The van der Waals surface area contributed by atoms with Crippen LogP contribution in [0, 0.1) is 5.92 Å². The predicted octanol–water partition coefficient (Wildman–Crippen LogP) is 4.93. The first-order chi connectivity index (χ1) is 15.4. The van der Waals surface area contributed by atoms with Crippen LogP contribution in [0.25, 0.3) is 11.6 Å². The highest BCUT2D eigenvalue weighted by molar-refractivity contribution is 9.10. The quantitative estimate of drug-likeness (QED) is 0.336. The number of ether oxygens (including phenoxy) is 1. The second kappa shape index (κ2) is 9.80. The minimum Gasteiger partial charge on any atom is -0.462 e. The molecule has 3 aromatic heterocycles. The molecule has 3 aromatic rings. The second-order valence-electron chi connectivity index (χ2n) is 7.58. The first kappa shape index (κ1) is 23.1. The Morgan fingerprint density at radius 3 is 2.94 bits per heavy atom. The van der Waals surface area contributed by atoms with Crippen molar-refractivity contribution in [1.82, 2.24) is 14.8 Å². The highest BCUT2D eigenvalue weighted by Gasteiger charge is 2.29. The normalized spacial score (nSPS) is 15.4. The SMILES string of the molecule is CCOC(=O)c1c(NC(=O)CSc2nnc(-c3ccc(Br)o3)n2C)sc2c1CCC(C)C2. The van der Waals surface area contributed by atoms with Crippen LogP contribution in [0.15, 0.2) is 26.4 Å². The lowest BCUT2D eigenvalue weighted by atomic mass is 9.88. The smallest absolute Gasteiger partial charge is 0.341 e. The van der Waals surface area contributed by atoms with Gasteiger partial charge in [0.25, 0.3) is 0 Å². The number of furan rings is 1. The molecule has 1 aliphatic rings. The zero-order valence-electron chi connectivity index (χ0n) is 17.9. The van der Waals surface area contributed by atoms with Crippen LogP contribution in [0.3, 0.4) is 0 Å². The summed E-state index contributed by atoms with van der Waals surface area (Å²) in [5.74, 6) is 1.27. The van der Waals surface area contributed by atoms with Crippen molar-refractivity contribution in [3.8, 4) is 11.6 Å². The third-order valence-corrected chi connectivity index (χ3v) is 7.82. The van der Waals surface area contributed by atoms with Gasteiger partial charge in [0.15, 0.2) is 21.4 Å². The number of thiophene rings is 1. The average molecular weight is 539 g/mol. The third-order valence-electron chi connectivity index (χ3n) is 5.21. The molecule has 1 aliphatic carbocycles. The third kappa shape index (κ3) is 4.79. The lowest BCUT2D eigenvalue weighted by Gasteiger charge is -2.18. The van der Waals surface area contributed by atoms with E-state index in [0.717, 1.165) is 29.7 Å². The zero-order chi connectivity index (χ0) is 22.8. The van der Waals surface area contributed by atoms with Crippen LogP contribution in [0.5, 0.6) is 0 Å². The van der Waals surface area contributed by atoms with Gasteiger partial charge in [-0.05, 0) is 65.7 Å². The van der Waals surface area contributed by atoms with Gasteiger partial charge in [-0.1, -0.05) is 18.7 Å². The number of esters is 1. The van der Waals surface area contributed by atoms with Crippen LogP contribution in [-0.2, 0) is 29.4 Å². The Balaban J connectivity index is 1.47. The molecule has 0 saturated heterocycles. The number of amides is 1. The first-order valence-electron chi connectivity index (χ1n) is 10.3. The van der Waals surface area contributed by atoms with Gasteiger partial charge in [-0.3, -0.25) is 4.79 Å². The molecule has 11 heteroatoms. The van der Waals surface area contributed by atoms with Crippen LogP contribution in [0.2, 0.25) is 0 Å². The molecule has 0 saturated carbocycles. The average Bonchev–Trinajstić information content (AvgIpc) is 3.43. The molecule has 32 heavy (non-hydrogen) atoms. The molecule has 1 atom stereocenters. The number of anilines is 1. The molecule has 0 radical (unpaired) electrons. The van der Waals surface area contributed by atoms with E-state index in [1.165, 1.54) is 23.1 Å². The van der Waals surface area contributed by atoms with E-state index in [1.807, 2.05) is 7.05 Å². The maximum Gasteiger partial charge on any atom is 0.341 e. The molecule has 0 aromatic carbocycles. The Hall–Kier alpha value is -2.11. The highest BCUT2D eigenvalue weighted by Crippen LogP contribution is 2.40. The lowest BCUT2D eigenvalue weighted by molar-refractivity contribution is -0.113. The topological polar surface area (TPSA) is 99.2 Å². The van der Waals surface area contributed by atoms with Crippen LogP contribution < -0.4 is 5.32 Å². The summed E-state index contributed by atoms with van der Waals surface area (Å²) in [6, 6.07) is 3.58. The van der Waals surface area contributed by atoms with E-state index in [2.05, 4.69) is 38.4 Å². The van der Waals surface area contributed by atoms with Crippen LogP contribution >= 0.6 is 39.0 Å². The molecule has 1 amide bonds. The minimum atomic E-state index is -0.370. The second-order valence-corrected chi connectivity index (χ2v) is 10.4. The molecule has 170 valence electrons. The summed E-state index contributed by atoms with van der Waals surface area (Å²) in [6.45, 7) is 4.28. The maximum absolute atomic E-state index is 12.7. The predicted molar refractivity (Wildman–Crippen MR) is 127 cm³/mol. The number of hydrogen-bond donors (Lipinski definition) is 1. The molecule has 3 heterocycles. The largest absolute Gasteiger partial charge is 0.462 e. The molecule has 1 unspecified atom stereocenters. The fourth-order valence-electron chi connectivity index (χ4n) is 3.64. The standard InChI is InChI=1S/C21H23BrN4O4S2/c1-4-29-20(28)17-12-6-5-11(2)9-14(12)32-19(17)23-16(27)10-31-21-25-24-18(26(21)3)13-7-8-15(22)30-13/h7-8,11H,4-6,9-10H2,1-3H3,(H,23,27). The van der Waals surface area contributed by atoms with Crippen molar-refractivity contribution in [1.29, 1.82) is 0 Å². The zero-order valence-corrected chi connectivity index (χ0v) is 21.2. The van der Waals surface area contributed by atoms with E-state index in [1.54, 1.807) is 23.6 Å². The summed E-state index contributed by atoms with van der Waals surface area (Å²) in [7, 11) is 1.82. The van der Waals surface area contributed by atoms with E-state index >= 15 is 0 Å². The van der Waals surface area contributed by atoms with Crippen molar-refractivity contribution >= 4 is 55.9 Å². The Kier molecular flexibility index (Phi) is 7.06. The summed E-state index contributed by atoms with van der Waals surface area (Å²) in [5, 5.41) is 12.4. The number of aromatic nitrogens is 3. The molecule has 8 nitrogen and oxygen atoms in total. The van der Waals surface area contributed by atoms with E-state index in [9.17, 15) is 9.59 Å². The van der Waals surface area contributed by atoms with E-state index in [-0.39, 0.29) is 17.6 Å². The summed E-state index contributed by atoms with van der Waals surface area (Å²) >= 11 is 6.03. The maximum atomic E-state index is 12.7. The Morgan fingerprint density at radius 2 is 2.22 bits per heavy atom.